The first kappa shape index (κ1) is 15.6. The van der Waals surface area contributed by atoms with Crippen molar-refractivity contribution in [3.8, 4) is 5.75 Å². The molecule has 0 radical (unpaired) electrons. The Morgan fingerprint density at radius 3 is 2.83 bits per heavy atom. The van der Waals surface area contributed by atoms with E-state index in [0.29, 0.717) is 12.6 Å². The predicted octanol–water partition coefficient (Wildman–Crippen LogP) is 4.80. The number of benzene rings is 2. The van der Waals surface area contributed by atoms with E-state index in [4.69, 9.17) is 4.74 Å². The Morgan fingerprint density at radius 1 is 1.21 bits per heavy atom. The molecule has 4 heteroatoms. The van der Waals surface area contributed by atoms with Crippen LogP contribution < -0.4 is 10.1 Å². The molecule has 0 fully saturated rings. The molecular formula is C20H22N2OS. The van der Waals surface area contributed by atoms with Crippen molar-refractivity contribution in [2.45, 2.75) is 31.2 Å². The second-order valence-electron chi connectivity index (χ2n) is 6.11. The molecule has 0 saturated carbocycles. The molecule has 1 unspecified atom stereocenters. The molecule has 3 nitrogen and oxygen atoms in total. The summed E-state index contributed by atoms with van der Waals surface area (Å²) >= 11 is 1.77. The van der Waals surface area contributed by atoms with E-state index in [1.54, 1.807) is 11.9 Å². The second kappa shape index (κ2) is 6.54. The van der Waals surface area contributed by atoms with E-state index in [-0.39, 0.29) is 0 Å². The van der Waals surface area contributed by atoms with Gasteiger partial charge in [-0.1, -0.05) is 18.2 Å². The number of nitrogens with zero attached hydrogens (tertiary/aromatic N) is 1. The van der Waals surface area contributed by atoms with Gasteiger partial charge in [0.2, 0.25) is 0 Å². The Hall–Kier alpha value is -1.91. The molecule has 0 spiro atoms. The van der Waals surface area contributed by atoms with Crippen LogP contribution in [-0.4, -0.2) is 17.1 Å². The van der Waals surface area contributed by atoms with Gasteiger partial charge in [0.15, 0.2) is 0 Å². The van der Waals surface area contributed by atoms with E-state index in [0.717, 1.165) is 18.7 Å². The van der Waals surface area contributed by atoms with Crippen LogP contribution in [-0.2, 0) is 6.42 Å². The molecule has 1 N–H and O–H groups in total. The third-order valence-corrected chi connectivity index (χ3v) is 5.52. The Bertz CT molecular complexity index is 857. The molecule has 1 aromatic heterocycles. The summed E-state index contributed by atoms with van der Waals surface area (Å²) in [7, 11) is 0. The monoisotopic (exact) mass is 338 g/mol. The zero-order chi connectivity index (χ0) is 16.5. The molecular weight excluding hydrogens is 316 g/mol. The number of ether oxygens (including phenoxy) is 1. The summed E-state index contributed by atoms with van der Waals surface area (Å²) in [6, 6.07) is 15.2. The van der Waals surface area contributed by atoms with Crippen molar-refractivity contribution in [1.82, 2.24) is 9.29 Å². The van der Waals surface area contributed by atoms with Crippen LogP contribution in [0, 0.1) is 0 Å². The van der Waals surface area contributed by atoms with Crippen molar-refractivity contribution < 1.29 is 4.74 Å². The van der Waals surface area contributed by atoms with Crippen LogP contribution in [0.2, 0.25) is 0 Å². The molecule has 1 aliphatic heterocycles. The molecule has 4 rings (SSSR count). The van der Waals surface area contributed by atoms with Crippen LogP contribution in [0.15, 0.2) is 53.6 Å². The molecule has 3 aromatic rings. The quantitative estimate of drug-likeness (QED) is 0.740. The van der Waals surface area contributed by atoms with Gasteiger partial charge in [-0.3, -0.25) is 3.97 Å². The number of aromatic nitrogens is 1. The minimum atomic E-state index is 0.300. The van der Waals surface area contributed by atoms with Gasteiger partial charge in [-0.15, -0.1) is 0 Å². The first-order valence-electron chi connectivity index (χ1n) is 8.54. The van der Waals surface area contributed by atoms with Gasteiger partial charge in [-0.2, -0.15) is 0 Å². The average molecular weight is 338 g/mol. The predicted molar refractivity (Wildman–Crippen MR) is 101 cm³/mol. The highest BCUT2D eigenvalue weighted by molar-refractivity contribution is 7.98. The standard InChI is InChI=1S/C20H22N2OS/c1-3-23-18-10-9-17-20-15(11-12-21-14(2)19(18)20)13-22(17)24-16-7-5-4-6-8-16/h4-10,13-14,21H,3,11-12H2,1-2H3. The van der Waals surface area contributed by atoms with Crippen LogP contribution in [0.4, 0.5) is 0 Å². The lowest BCUT2D eigenvalue weighted by Gasteiger charge is -2.18. The third kappa shape index (κ3) is 2.70. The Balaban J connectivity index is 1.88. The van der Waals surface area contributed by atoms with Crippen LogP contribution in [0.25, 0.3) is 10.9 Å². The maximum Gasteiger partial charge on any atom is 0.124 e. The number of hydrogen-bond acceptors (Lipinski definition) is 3. The van der Waals surface area contributed by atoms with Gasteiger partial charge in [0, 0.05) is 28.1 Å². The van der Waals surface area contributed by atoms with Gasteiger partial charge in [-0.05, 0) is 68.6 Å². The molecule has 124 valence electrons. The third-order valence-electron chi connectivity index (χ3n) is 4.54. The van der Waals surface area contributed by atoms with Crippen molar-refractivity contribution in [2.75, 3.05) is 13.2 Å². The normalized spacial score (nSPS) is 17.0. The summed E-state index contributed by atoms with van der Waals surface area (Å²) in [4.78, 5) is 1.25. The van der Waals surface area contributed by atoms with E-state index < -0.39 is 0 Å². The van der Waals surface area contributed by atoms with Crippen LogP contribution in [0.3, 0.4) is 0 Å². The summed E-state index contributed by atoms with van der Waals surface area (Å²) < 4.78 is 8.23. The van der Waals surface area contributed by atoms with Gasteiger partial charge in [0.1, 0.15) is 5.75 Å². The largest absolute Gasteiger partial charge is 0.494 e. The van der Waals surface area contributed by atoms with Gasteiger partial charge >= 0.3 is 0 Å². The van der Waals surface area contributed by atoms with Gasteiger partial charge < -0.3 is 10.1 Å². The average Bonchev–Trinajstić information content (AvgIpc) is 2.84. The molecule has 0 amide bonds. The molecule has 2 heterocycles. The van der Waals surface area contributed by atoms with Crippen molar-refractivity contribution >= 4 is 22.9 Å². The Labute approximate surface area is 147 Å². The van der Waals surface area contributed by atoms with Crippen molar-refractivity contribution in [1.29, 1.82) is 0 Å². The maximum absolute atomic E-state index is 5.92. The summed E-state index contributed by atoms with van der Waals surface area (Å²) in [5.74, 6) is 1.01. The first-order chi connectivity index (χ1) is 11.8. The smallest absolute Gasteiger partial charge is 0.124 e. The van der Waals surface area contributed by atoms with Crippen molar-refractivity contribution in [3.63, 3.8) is 0 Å². The summed E-state index contributed by atoms with van der Waals surface area (Å²) in [5.41, 5.74) is 3.98. The second-order valence-corrected chi connectivity index (χ2v) is 7.16. The highest BCUT2D eigenvalue weighted by Gasteiger charge is 2.23. The number of nitrogens with one attached hydrogen (secondary N) is 1. The summed E-state index contributed by atoms with van der Waals surface area (Å²) in [6.07, 6.45) is 3.34. The van der Waals surface area contributed by atoms with Gasteiger partial charge in [0.05, 0.1) is 12.1 Å². The zero-order valence-corrected chi connectivity index (χ0v) is 14.9. The minimum absolute atomic E-state index is 0.300. The first-order valence-corrected chi connectivity index (χ1v) is 9.31. The van der Waals surface area contributed by atoms with E-state index in [9.17, 15) is 0 Å². The van der Waals surface area contributed by atoms with E-state index in [2.05, 4.69) is 64.9 Å². The fourth-order valence-electron chi connectivity index (χ4n) is 3.48. The lowest BCUT2D eigenvalue weighted by atomic mass is 10.0. The maximum atomic E-state index is 5.92. The lowest BCUT2D eigenvalue weighted by molar-refractivity contribution is 0.333. The molecule has 0 aliphatic carbocycles. The van der Waals surface area contributed by atoms with Gasteiger partial charge in [-0.25, -0.2) is 0 Å². The molecule has 2 aromatic carbocycles. The van der Waals surface area contributed by atoms with E-state index in [1.807, 2.05) is 6.92 Å². The Morgan fingerprint density at radius 2 is 2.04 bits per heavy atom. The van der Waals surface area contributed by atoms with E-state index >= 15 is 0 Å². The van der Waals surface area contributed by atoms with Crippen LogP contribution >= 0.6 is 11.9 Å². The molecule has 0 saturated heterocycles. The molecule has 24 heavy (non-hydrogen) atoms. The number of rotatable bonds is 4. The van der Waals surface area contributed by atoms with Crippen LogP contribution in [0.1, 0.15) is 31.0 Å². The van der Waals surface area contributed by atoms with Crippen molar-refractivity contribution in [3.05, 3.63) is 59.8 Å². The topological polar surface area (TPSA) is 26.2 Å². The molecule has 0 bridgehead atoms. The highest BCUT2D eigenvalue weighted by atomic mass is 32.2. The van der Waals surface area contributed by atoms with Gasteiger partial charge in [0.25, 0.3) is 0 Å². The SMILES string of the molecule is CCOc1ccc2c3c(cn2Sc2ccccc2)CCNC(C)c13. The zero-order valence-electron chi connectivity index (χ0n) is 14.1. The van der Waals surface area contributed by atoms with Crippen LogP contribution in [0.5, 0.6) is 5.75 Å². The van der Waals surface area contributed by atoms with Crippen molar-refractivity contribution in [2.24, 2.45) is 0 Å². The summed E-state index contributed by atoms with van der Waals surface area (Å²) in [6.45, 7) is 5.97. The minimum Gasteiger partial charge on any atom is -0.494 e. The fraction of sp³-hybridized carbons (Fsp3) is 0.300. The van der Waals surface area contributed by atoms with E-state index in [1.165, 1.54) is 26.9 Å². The molecule has 1 atom stereocenters. The Kier molecular flexibility index (Phi) is 4.25. The number of hydrogen-bond donors (Lipinski definition) is 1. The lowest BCUT2D eigenvalue weighted by Crippen LogP contribution is -2.19. The summed E-state index contributed by atoms with van der Waals surface area (Å²) in [5, 5.41) is 4.97. The fourth-order valence-corrected chi connectivity index (χ4v) is 4.42. The molecule has 1 aliphatic rings. The highest BCUT2D eigenvalue weighted by Crippen LogP contribution is 2.40.